The maximum Gasteiger partial charge on any atom is 0.179 e. The summed E-state index contributed by atoms with van der Waals surface area (Å²) in [5.74, 6) is 0. The number of nitrogens with zero attached hydrogens (tertiary/aromatic N) is 3. The van der Waals surface area contributed by atoms with Gasteiger partial charge in [0.1, 0.15) is 0 Å². The Balaban J connectivity index is 2.31. The first-order valence-electron chi connectivity index (χ1n) is 4.36. The fourth-order valence-electron chi connectivity index (χ4n) is 1.41. The number of hydrogen-bond donors (Lipinski definition) is 1. The lowest BCUT2D eigenvalue weighted by Gasteiger charge is -2.35. The molecule has 68 valence electrons. The van der Waals surface area contributed by atoms with Gasteiger partial charge in [0.15, 0.2) is 6.19 Å². The number of hydrogen-bond acceptors (Lipinski definition) is 4. The van der Waals surface area contributed by atoms with Crippen LogP contribution in [0.5, 0.6) is 0 Å². The molecule has 1 heterocycles. The first-order chi connectivity index (χ1) is 5.77. The van der Waals surface area contributed by atoms with E-state index in [1.165, 1.54) is 0 Å². The van der Waals surface area contributed by atoms with E-state index in [1.807, 2.05) is 0 Å². The molecule has 1 aliphatic heterocycles. The number of nitriles is 1. The van der Waals surface area contributed by atoms with E-state index in [1.54, 1.807) is 4.90 Å². The zero-order valence-electron chi connectivity index (χ0n) is 7.53. The Morgan fingerprint density at radius 1 is 1.42 bits per heavy atom. The van der Waals surface area contributed by atoms with E-state index < -0.39 is 0 Å². The van der Waals surface area contributed by atoms with Crippen molar-refractivity contribution in [2.75, 3.05) is 32.7 Å². The molecule has 1 rings (SSSR count). The molecular formula is C8H16N4. The highest BCUT2D eigenvalue weighted by Gasteiger charge is 2.18. The first kappa shape index (κ1) is 9.30. The van der Waals surface area contributed by atoms with Crippen LogP contribution in [0.4, 0.5) is 0 Å². The summed E-state index contributed by atoms with van der Waals surface area (Å²) in [6, 6.07) is 0.450. The van der Waals surface area contributed by atoms with Gasteiger partial charge in [0, 0.05) is 38.8 Å². The highest BCUT2D eigenvalue weighted by molar-refractivity contribution is 4.82. The zero-order chi connectivity index (χ0) is 8.97. The van der Waals surface area contributed by atoms with Crippen molar-refractivity contribution >= 4 is 0 Å². The van der Waals surface area contributed by atoms with Crippen LogP contribution in [0.15, 0.2) is 0 Å². The number of rotatable bonds is 2. The highest BCUT2D eigenvalue weighted by atomic mass is 15.3. The Kier molecular flexibility index (Phi) is 3.32. The molecule has 1 atom stereocenters. The maximum atomic E-state index is 8.61. The molecule has 1 saturated heterocycles. The standard InChI is InChI=1S/C8H16N4/c1-8(6-9)12-4-2-11(7-10)3-5-12/h8H,2-6,9H2,1H3. The Bertz CT molecular complexity index is 166. The molecule has 0 aromatic carbocycles. The smallest absolute Gasteiger partial charge is 0.179 e. The monoisotopic (exact) mass is 168 g/mol. The molecule has 0 saturated carbocycles. The molecule has 4 heteroatoms. The number of piperazine rings is 1. The Morgan fingerprint density at radius 3 is 2.42 bits per heavy atom. The van der Waals surface area contributed by atoms with Gasteiger partial charge in [-0.2, -0.15) is 5.26 Å². The van der Waals surface area contributed by atoms with Gasteiger partial charge in [-0.05, 0) is 6.92 Å². The van der Waals surface area contributed by atoms with Gasteiger partial charge in [-0.15, -0.1) is 0 Å². The van der Waals surface area contributed by atoms with Crippen LogP contribution in [0.2, 0.25) is 0 Å². The van der Waals surface area contributed by atoms with Gasteiger partial charge in [-0.1, -0.05) is 0 Å². The summed E-state index contributed by atoms with van der Waals surface area (Å²) in [4.78, 5) is 4.12. The molecule has 0 aromatic heterocycles. The van der Waals surface area contributed by atoms with Gasteiger partial charge in [0.2, 0.25) is 0 Å². The average molecular weight is 168 g/mol. The largest absolute Gasteiger partial charge is 0.329 e. The third-order valence-corrected chi connectivity index (χ3v) is 2.42. The maximum absolute atomic E-state index is 8.61. The first-order valence-corrected chi connectivity index (χ1v) is 4.36. The minimum atomic E-state index is 0.450. The van der Waals surface area contributed by atoms with Crippen LogP contribution >= 0.6 is 0 Å². The normalized spacial score (nSPS) is 21.9. The molecule has 0 radical (unpaired) electrons. The van der Waals surface area contributed by atoms with Crippen molar-refractivity contribution in [2.24, 2.45) is 5.73 Å². The van der Waals surface area contributed by atoms with E-state index in [4.69, 9.17) is 11.0 Å². The molecule has 0 bridgehead atoms. The quantitative estimate of drug-likeness (QED) is 0.561. The third-order valence-electron chi connectivity index (χ3n) is 2.42. The highest BCUT2D eigenvalue weighted by Crippen LogP contribution is 2.03. The zero-order valence-corrected chi connectivity index (χ0v) is 7.53. The molecule has 1 fully saturated rings. The summed E-state index contributed by atoms with van der Waals surface area (Å²) < 4.78 is 0. The average Bonchev–Trinajstić information content (AvgIpc) is 2.17. The summed E-state index contributed by atoms with van der Waals surface area (Å²) in [5, 5.41) is 8.61. The second-order valence-electron chi connectivity index (χ2n) is 3.21. The molecule has 4 nitrogen and oxygen atoms in total. The van der Waals surface area contributed by atoms with E-state index in [0.717, 1.165) is 26.2 Å². The Labute approximate surface area is 73.5 Å². The van der Waals surface area contributed by atoms with Gasteiger partial charge in [-0.25, -0.2) is 0 Å². The van der Waals surface area contributed by atoms with E-state index >= 15 is 0 Å². The topological polar surface area (TPSA) is 56.3 Å². The van der Waals surface area contributed by atoms with Gasteiger partial charge >= 0.3 is 0 Å². The lowest BCUT2D eigenvalue weighted by atomic mass is 10.2. The van der Waals surface area contributed by atoms with Gasteiger partial charge in [0.05, 0.1) is 0 Å². The van der Waals surface area contributed by atoms with Crippen LogP contribution in [0, 0.1) is 11.5 Å². The molecule has 0 spiro atoms. The number of nitrogens with two attached hydrogens (primary N) is 1. The molecule has 1 aliphatic rings. The van der Waals surface area contributed by atoms with Crippen molar-refractivity contribution in [1.82, 2.24) is 9.80 Å². The summed E-state index contributed by atoms with van der Waals surface area (Å²) in [5.41, 5.74) is 5.55. The van der Waals surface area contributed by atoms with E-state index in [0.29, 0.717) is 12.6 Å². The van der Waals surface area contributed by atoms with E-state index in [9.17, 15) is 0 Å². The summed E-state index contributed by atoms with van der Waals surface area (Å²) in [6.07, 6.45) is 2.16. The van der Waals surface area contributed by atoms with Crippen molar-refractivity contribution in [1.29, 1.82) is 5.26 Å². The second-order valence-corrected chi connectivity index (χ2v) is 3.21. The SMILES string of the molecule is CC(CN)N1CCN(C#N)CC1. The fraction of sp³-hybridized carbons (Fsp3) is 0.875. The van der Waals surface area contributed by atoms with E-state index in [2.05, 4.69) is 18.0 Å². The van der Waals surface area contributed by atoms with Crippen molar-refractivity contribution in [3.05, 3.63) is 0 Å². The van der Waals surface area contributed by atoms with Gasteiger partial charge < -0.3 is 10.6 Å². The lowest BCUT2D eigenvalue weighted by molar-refractivity contribution is 0.137. The minimum absolute atomic E-state index is 0.450. The third kappa shape index (κ3) is 2.10. The second kappa shape index (κ2) is 4.29. The molecule has 0 aromatic rings. The predicted octanol–water partition coefficient (Wildman–Crippen LogP) is -0.568. The molecule has 0 aliphatic carbocycles. The molecule has 1 unspecified atom stereocenters. The van der Waals surface area contributed by atoms with Crippen LogP contribution < -0.4 is 5.73 Å². The van der Waals surface area contributed by atoms with Crippen LogP contribution in [0.3, 0.4) is 0 Å². The molecule has 12 heavy (non-hydrogen) atoms. The lowest BCUT2D eigenvalue weighted by Crippen LogP contribution is -2.49. The van der Waals surface area contributed by atoms with Crippen LogP contribution in [-0.4, -0.2) is 48.6 Å². The Hall–Kier alpha value is -0.790. The van der Waals surface area contributed by atoms with Crippen LogP contribution in [0.1, 0.15) is 6.92 Å². The molecule has 0 amide bonds. The van der Waals surface area contributed by atoms with Crippen LogP contribution in [-0.2, 0) is 0 Å². The van der Waals surface area contributed by atoms with Crippen molar-refractivity contribution in [2.45, 2.75) is 13.0 Å². The summed E-state index contributed by atoms with van der Waals surface area (Å²) >= 11 is 0. The minimum Gasteiger partial charge on any atom is -0.329 e. The van der Waals surface area contributed by atoms with Gasteiger partial charge in [-0.3, -0.25) is 4.90 Å². The summed E-state index contributed by atoms with van der Waals surface area (Å²) in [6.45, 7) is 6.45. The Morgan fingerprint density at radius 2 is 2.00 bits per heavy atom. The van der Waals surface area contributed by atoms with Crippen molar-refractivity contribution < 1.29 is 0 Å². The molecular weight excluding hydrogens is 152 g/mol. The van der Waals surface area contributed by atoms with Gasteiger partial charge in [0.25, 0.3) is 0 Å². The van der Waals surface area contributed by atoms with Crippen LogP contribution in [0.25, 0.3) is 0 Å². The summed E-state index contributed by atoms with van der Waals surface area (Å²) in [7, 11) is 0. The van der Waals surface area contributed by atoms with E-state index in [-0.39, 0.29) is 0 Å². The predicted molar refractivity (Wildman–Crippen MR) is 47.3 cm³/mol. The van der Waals surface area contributed by atoms with Crippen molar-refractivity contribution in [3.8, 4) is 6.19 Å². The fourth-order valence-corrected chi connectivity index (χ4v) is 1.41. The van der Waals surface area contributed by atoms with Crippen molar-refractivity contribution in [3.63, 3.8) is 0 Å². The molecule has 2 N–H and O–H groups in total.